The van der Waals surface area contributed by atoms with E-state index in [0.29, 0.717) is 0 Å². The second kappa shape index (κ2) is 3.71. The Hall–Kier alpha value is -1.60. The van der Waals surface area contributed by atoms with E-state index in [4.69, 9.17) is 0 Å². The second-order valence-corrected chi connectivity index (χ2v) is 5.16. The number of hydrogen-bond acceptors (Lipinski definition) is 1. The van der Waals surface area contributed by atoms with Crippen LogP contribution in [-0.2, 0) is 12.8 Å². The van der Waals surface area contributed by atoms with Gasteiger partial charge in [0.05, 0.1) is 5.60 Å². The molecular weight excluding hydrogens is 208 g/mol. The Morgan fingerprint density at radius 2 is 1.71 bits per heavy atom. The van der Waals surface area contributed by atoms with E-state index in [1.165, 1.54) is 22.3 Å². The maximum absolute atomic E-state index is 10.2. The molecule has 86 valence electrons. The van der Waals surface area contributed by atoms with E-state index in [1.54, 1.807) is 0 Å². The van der Waals surface area contributed by atoms with E-state index >= 15 is 0 Å². The van der Waals surface area contributed by atoms with Crippen LogP contribution in [0.1, 0.15) is 18.1 Å². The first-order valence-electron chi connectivity index (χ1n) is 6.04. The lowest BCUT2D eigenvalue weighted by Gasteiger charge is -2.14. The normalized spacial score (nSPS) is 22.5. The van der Waals surface area contributed by atoms with E-state index in [1.807, 2.05) is 13.0 Å². The zero-order valence-corrected chi connectivity index (χ0v) is 9.98. The van der Waals surface area contributed by atoms with Crippen molar-refractivity contribution in [1.29, 1.82) is 0 Å². The molecule has 1 heteroatoms. The first-order chi connectivity index (χ1) is 8.16. The van der Waals surface area contributed by atoms with Gasteiger partial charge in [0.2, 0.25) is 0 Å². The summed E-state index contributed by atoms with van der Waals surface area (Å²) in [4.78, 5) is 0. The molecular formula is C16H16O. The molecule has 1 atom stereocenters. The Morgan fingerprint density at radius 1 is 0.941 bits per heavy atom. The summed E-state index contributed by atoms with van der Waals surface area (Å²) in [6.07, 6.45) is 1.52. The summed E-state index contributed by atoms with van der Waals surface area (Å²) in [5.41, 5.74) is 4.52. The molecule has 1 unspecified atom stereocenters. The molecule has 0 heterocycles. The fourth-order valence-corrected chi connectivity index (χ4v) is 2.75. The van der Waals surface area contributed by atoms with Gasteiger partial charge in [-0.15, -0.1) is 0 Å². The molecule has 2 aromatic rings. The SMILES string of the molecule is CC1(O)Cc2cccc(-c3ccccc3)c2C1. The summed E-state index contributed by atoms with van der Waals surface area (Å²) in [5.74, 6) is 0. The van der Waals surface area contributed by atoms with Gasteiger partial charge in [-0.05, 0) is 29.2 Å². The number of fused-ring (bicyclic) bond motifs is 1. The molecule has 1 N–H and O–H groups in total. The van der Waals surface area contributed by atoms with Crippen LogP contribution in [0.4, 0.5) is 0 Å². The van der Waals surface area contributed by atoms with Crippen LogP contribution in [-0.4, -0.2) is 10.7 Å². The summed E-state index contributed by atoms with van der Waals surface area (Å²) in [5, 5.41) is 10.2. The van der Waals surface area contributed by atoms with Crippen LogP contribution >= 0.6 is 0 Å². The van der Waals surface area contributed by atoms with Gasteiger partial charge in [0, 0.05) is 12.8 Å². The lowest BCUT2D eigenvalue weighted by Crippen LogP contribution is -2.23. The Kier molecular flexibility index (Phi) is 2.30. The van der Waals surface area contributed by atoms with Crippen LogP contribution in [0.5, 0.6) is 0 Å². The highest BCUT2D eigenvalue weighted by Crippen LogP contribution is 2.36. The highest BCUT2D eigenvalue weighted by atomic mass is 16.3. The number of rotatable bonds is 1. The molecule has 1 aliphatic carbocycles. The van der Waals surface area contributed by atoms with Crippen LogP contribution in [0.2, 0.25) is 0 Å². The van der Waals surface area contributed by atoms with Gasteiger partial charge >= 0.3 is 0 Å². The quantitative estimate of drug-likeness (QED) is 0.788. The minimum atomic E-state index is -0.576. The van der Waals surface area contributed by atoms with Gasteiger partial charge in [-0.1, -0.05) is 48.5 Å². The maximum atomic E-state index is 10.2. The summed E-state index contributed by atoms with van der Waals surface area (Å²) in [6.45, 7) is 1.92. The van der Waals surface area contributed by atoms with E-state index < -0.39 is 5.60 Å². The molecule has 3 rings (SSSR count). The molecule has 0 aliphatic heterocycles. The fraction of sp³-hybridized carbons (Fsp3) is 0.250. The molecule has 0 spiro atoms. The lowest BCUT2D eigenvalue weighted by molar-refractivity contribution is 0.0719. The third-order valence-electron chi connectivity index (χ3n) is 3.49. The molecule has 0 bridgehead atoms. The molecule has 0 radical (unpaired) electrons. The highest BCUT2D eigenvalue weighted by molar-refractivity contribution is 5.70. The van der Waals surface area contributed by atoms with Crippen LogP contribution in [0.3, 0.4) is 0 Å². The predicted octanol–water partition coefficient (Wildman–Crippen LogP) is 3.20. The van der Waals surface area contributed by atoms with Crippen LogP contribution in [0.15, 0.2) is 48.5 Å². The van der Waals surface area contributed by atoms with Gasteiger partial charge in [0.25, 0.3) is 0 Å². The van der Waals surface area contributed by atoms with Crippen molar-refractivity contribution in [3.63, 3.8) is 0 Å². The summed E-state index contributed by atoms with van der Waals surface area (Å²) < 4.78 is 0. The molecule has 0 aromatic heterocycles. The smallest absolute Gasteiger partial charge is 0.0700 e. The molecule has 0 saturated heterocycles. The van der Waals surface area contributed by atoms with Crippen molar-refractivity contribution in [2.24, 2.45) is 0 Å². The van der Waals surface area contributed by atoms with Gasteiger partial charge in [0.15, 0.2) is 0 Å². The molecule has 0 saturated carbocycles. The largest absolute Gasteiger partial charge is 0.389 e. The average molecular weight is 224 g/mol. The molecule has 0 fully saturated rings. The van der Waals surface area contributed by atoms with Crippen molar-refractivity contribution in [2.45, 2.75) is 25.4 Å². The van der Waals surface area contributed by atoms with Gasteiger partial charge in [-0.25, -0.2) is 0 Å². The van der Waals surface area contributed by atoms with E-state index in [2.05, 4.69) is 42.5 Å². The minimum Gasteiger partial charge on any atom is -0.389 e. The Morgan fingerprint density at radius 3 is 2.47 bits per heavy atom. The third-order valence-corrected chi connectivity index (χ3v) is 3.49. The first-order valence-corrected chi connectivity index (χ1v) is 6.04. The van der Waals surface area contributed by atoms with Crippen LogP contribution in [0, 0.1) is 0 Å². The number of hydrogen-bond donors (Lipinski definition) is 1. The van der Waals surface area contributed by atoms with Crippen LogP contribution < -0.4 is 0 Å². The molecule has 17 heavy (non-hydrogen) atoms. The standard InChI is InChI=1S/C16H16O/c1-16(17)10-13-8-5-9-14(15(13)11-16)12-6-3-2-4-7-12/h2-9,17H,10-11H2,1H3. The predicted molar refractivity (Wildman–Crippen MR) is 69.9 cm³/mol. The van der Waals surface area contributed by atoms with Crippen molar-refractivity contribution in [3.05, 3.63) is 59.7 Å². The van der Waals surface area contributed by atoms with Crippen molar-refractivity contribution < 1.29 is 5.11 Å². The Labute approximate surface area is 102 Å². The maximum Gasteiger partial charge on any atom is 0.0700 e. The zero-order valence-electron chi connectivity index (χ0n) is 9.98. The molecule has 1 aliphatic rings. The van der Waals surface area contributed by atoms with Gasteiger partial charge in [-0.2, -0.15) is 0 Å². The van der Waals surface area contributed by atoms with Crippen molar-refractivity contribution in [2.75, 3.05) is 0 Å². The van der Waals surface area contributed by atoms with Crippen molar-refractivity contribution >= 4 is 0 Å². The summed E-state index contributed by atoms with van der Waals surface area (Å²) in [7, 11) is 0. The Bertz CT molecular complexity index is 541. The minimum absolute atomic E-state index is 0.576. The Balaban J connectivity index is 2.13. The highest BCUT2D eigenvalue weighted by Gasteiger charge is 2.31. The van der Waals surface area contributed by atoms with Gasteiger partial charge in [0.1, 0.15) is 0 Å². The van der Waals surface area contributed by atoms with E-state index in [-0.39, 0.29) is 0 Å². The van der Waals surface area contributed by atoms with Gasteiger partial charge in [-0.3, -0.25) is 0 Å². The third kappa shape index (κ3) is 1.87. The summed E-state index contributed by atoms with van der Waals surface area (Å²) in [6, 6.07) is 16.8. The van der Waals surface area contributed by atoms with E-state index in [9.17, 15) is 5.11 Å². The molecule has 1 nitrogen and oxygen atoms in total. The van der Waals surface area contributed by atoms with Crippen molar-refractivity contribution in [3.8, 4) is 11.1 Å². The van der Waals surface area contributed by atoms with Gasteiger partial charge < -0.3 is 5.11 Å². The number of aliphatic hydroxyl groups is 1. The zero-order chi connectivity index (χ0) is 11.9. The van der Waals surface area contributed by atoms with Crippen LogP contribution in [0.25, 0.3) is 11.1 Å². The topological polar surface area (TPSA) is 20.2 Å². The monoisotopic (exact) mass is 224 g/mol. The molecule has 2 aromatic carbocycles. The summed E-state index contributed by atoms with van der Waals surface area (Å²) >= 11 is 0. The average Bonchev–Trinajstić information content (AvgIpc) is 2.63. The number of benzene rings is 2. The van der Waals surface area contributed by atoms with E-state index in [0.717, 1.165) is 12.8 Å². The second-order valence-electron chi connectivity index (χ2n) is 5.16. The molecule has 0 amide bonds. The fourth-order valence-electron chi connectivity index (χ4n) is 2.75. The first kappa shape index (κ1) is 10.5. The lowest BCUT2D eigenvalue weighted by atomic mass is 9.96. The van der Waals surface area contributed by atoms with Crippen molar-refractivity contribution in [1.82, 2.24) is 0 Å².